The van der Waals surface area contributed by atoms with Crippen LogP contribution in [0.1, 0.15) is 11.1 Å². The van der Waals surface area contributed by atoms with Gasteiger partial charge in [-0.05, 0) is 22.4 Å². The highest BCUT2D eigenvalue weighted by atomic mass is 35.5. The molecule has 0 amide bonds. The van der Waals surface area contributed by atoms with E-state index in [4.69, 9.17) is 23.2 Å². The van der Waals surface area contributed by atoms with Crippen LogP contribution in [0.5, 0.6) is 0 Å². The molecule has 0 N–H and O–H groups in total. The first kappa shape index (κ1) is 9.26. The number of hydrogen-bond donors (Lipinski definition) is 0. The van der Waals surface area contributed by atoms with Gasteiger partial charge in [0.2, 0.25) is 0 Å². The highest BCUT2D eigenvalue weighted by Crippen LogP contribution is 2.44. The molecule has 0 spiro atoms. The molecule has 3 rings (SSSR count). The van der Waals surface area contributed by atoms with Crippen LogP contribution in [0.3, 0.4) is 0 Å². The third-order valence-corrected chi connectivity index (χ3v) is 3.43. The molecule has 0 heterocycles. The van der Waals surface area contributed by atoms with Gasteiger partial charge in [0.15, 0.2) is 4.33 Å². The zero-order chi connectivity index (χ0) is 10.5. The van der Waals surface area contributed by atoms with Crippen molar-refractivity contribution in [1.29, 1.82) is 0 Å². The van der Waals surface area contributed by atoms with E-state index in [2.05, 4.69) is 18.2 Å². The Morgan fingerprint density at radius 2 is 1.67 bits per heavy atom. The number of hydrogen-bond acceptors (Lipinski definition) is 0. The molecule has 0 fully saturated rings. The van der Waals surface area contributed by atoms with Crippen LogP contribution in [-0.2, 0) is 4.33 Å². The van der Waals surface area contributed by atoms with Gasteiger partial charge in [-0.25, -0.2) is 0 Å². The summed E-state index contributed by atoms with van der Waals surface area (Å²) in [4.78, 5) is 0. The van der Waals surface area contributed by atoms with Gasteiger partial charge >= 0.3 is 0 Å². The van der Waals surface area contributed by atoms with Gasteiger partial charge in [0.05, 0.1) is 0 Å². The SMILES string of the molecule is ClC1(Cl)C=Cc2cccc3cccc1c23. The normalized spacial score (nSPS) is 16.9. The van der Waals surface area contributed by atoms with E-state index in [9.17, 15) is 0 Å². The van der Waals surface area contributed by atoms with Gasteiger partial charge in [-0.15, -0.1) is 0 Å². The minimum Gasteiger partial charge on any atom is -0.0916 e. The summed E-state index contributed by atoms with van der Waals surface area (Å²) in [6, 6.07) is 12.2. The first-order chi connectivity index (χ1) is 7.18. The third-order valence-electron chi connectivity index (χ3n) is 2.77. The van der Waals surface area contributed by atoms with Crippen molar-refractivity contribution in [3.05, 3.63) is 53.6 Å². The van der Waals surface area contributed by atoms with Gasteiger partial charge in [-0.2, -0.15) is 0 Å². The fourth-order valence-electron chi connectivity index (χ4n) is 2.07. The van der Waals surface area contributed by atoms with Gasteiger partial charge in [-0.1, -0.05) is 65.7 Å². The standard InChI is InChI=1S/C13H8Cl2/c14-13(15)8-7-10-4-1-3-9-5-2-6-11(13)12(9)10/h1-8H. The molecule has 0 bridgehead atoms. The molecule has 0 aromatic heterocycles. The smallest absolute Gasteiger partial charge is 0.0916 e. The average Bonchev–Trinajstić information content (AvgIpc) is 2.24. The van der Waals surface area contributed by atoms with Gasteiger partial charge in [0.1, 0.15) is 0 Å². The van der Waals surface area contributed by atoms with Crippen LogP contribution in [0, 0.1) is 0 Å². The van der Waals surface area contributed by atoms with Crippen molar-refractivity contribution in [1.82, 2.24) is 0 Å². The first-order valence-corrected chi connectivity index (χ1v) is 5.53. The zero-order valence-corrected chi connectivity index (χ0v) is 9.39. The van der Waals surface area contributed by atoms with Gasteiger partial charge < -0.3 is 0 Å². The number of benzene rings is 2. The Balaban J connectivity index is 2.52. The maximum Gasteiger partial charge on any atom is 0.162 e. The van der Waals surface area contributed by atoms with Gasteiger partial charge in [0, 0.05) is 5.56 Å². The Morgan fingerprint density at radius 1 is 0.933 bits per heavy atom. The largest absolute Gasteiger partial charge is 0.162 e. The zero-order valence-electron chi connectivity index (χ0n) is 7.87. The summed E-state index contributed by atoms with van der Waals surface area (Å²) in [5.41, 5.74) is 2.15. The van der Waals surface area contributed by atoms with Crippen LogP contribution in [0.15, 0.2) is 42.5 Å². The summed E-state index contributed by atoms with van der Waals surface area (Å²) in [6.45, 7) is 0. The molecular weight excluding hydrogens is 227 g/mol. The molecule has 2 aromatic rings. The lowest BCUT2D eigenvalue weighted by Crippen LogP contribution is -2.10. The minimum atomic E-state index is -0.895. The molecule has 2 aromatic carbocycles. The summed E-state index contributed by atoms with van der Waals surface area (Å²) in [6.07, 6.45) is 3.81. The molecule has 0 saturated heterocycles. The van der Waals surface area contributed by atoms with E-state index in [1.165, 1.54) is 10.9 Å². The molecule has 0 saturated carbocycles. The second-order valence-corrected chi connectivity index (χ2v) is 5.09. The summed E-state index contributed by atoms with van der Waals surface area (Å²) < 4.78 is -0.895. The van der Waals surface area contributed by atoms with E-state index in [0.717, 1.165) is 10.9 Å². The fraction of sp³-hybridized carbons (Fsp3) is 0.0769. The maximum atomic E-state index is 6.25. The lowest BCUT2D eigenvalue weighted by atomic mass is 9.93. The molecule has 74 valence electrons. The van der Waals surface area contributed by atoms with E-state index in [-0.39, 0.29) is 0 Å². The van der Waals surface area contributed by atoms with Crippen molar-refractivity contribution in [2.45, 2.75) is 4.33 Å². The first-order valence-electron chi connectivity index (χ1n) is 4.78. The van der Waals surface area contributed by atoms with E-state index < -0.39 is 4.33 Å². The number of allylic oxidation sites excluding steroid dienone is 1. The third kappa shape index (κ3) is 1.29. The van der Waals surface area contributed by atoms with Crippen molar-refractivity contribution < 1.29 is 0 Å². The molecule has 2 heteroatoms. The van der Waals surface area contributed by atoms with Crippen LogP contribution in [0.2, 0.25) is 0 Å². The van der Waals surface area contributed by atoms with Crippen LogP contribution < -0.4 is 0 Å². The lowest BCUT2D eigenvalue weighted by Gasteiger charge is -2.23. The van der Waals surface area contributed by atoms with Gasteiger partial charge in [-0.3, -0.25) is 0 Å². The fourth-order valence-corrected chi connectivity index (χ4v) is 2.51. The molecular formula is C13H8Cl2. The molecule has 15 heavy (non-hydrogen) atoms. The lowest BCUT2D eigenvalue weighted by molar-refractivity contribution is 1.12. The molecule has 0 atom stereocenters. The summed E-state index contributed by atoms with van der Waals surface area (Å²) >= 11 is 12.5. The number of alkyl halides is 2. The molecule has 0 aliphatic heterocycles. The average molecular weight is 235 g/mol. The Labute approximate surface area is 98.1 Å². The Hall–Kier alpha value is -0.980. The van der Waals surface area contributed by atoms with E-state index in [1.54, 1.807) is 0 Å². The summed E-state index contributed by atoms with van der Waals surface area (Å²) in [7, 11) is 0. The highest BCUT2D eigenvalue weighted by Gasteiger charge is 2.28. The van der Waals surface area contributed by atoms with Crippen molar-refractivity contribution in [2.75, 3.05) is 0 Å². The molecule has 0 unspecified atom stereocenters. The Kier molecular flexibility index (Phi) is 1.86. The van der Waals surface area contributed by atoms with Crippen molar-refractivity contribution in [2.24, 2.45) is 0 Å². The predicted octanol–water partition coefficient (Wildman–Crippen LogP) is 4.50. The molecule has 0 nitrogen and oxygen atoms in total. The Morgan fingerprint density at radius 3 is 2.47 bits per heavy atom. The maximum absolute atomic E-state index is 6.25. The number of halogens is 2. The molecule has 0 radical (unpaired) electrons. The van der Waals surface area contributed by atoms with Gasteiger partial charge in [0.25, 0.3) is 0 Å². The highest BCUT2D eigenvalue weighted by molar-refractivity contribution is 6.50. The van der Waals surface area contributed by atoms with Crippen LogP contribution in [0.25, 0.3) is 16.8 Å². The van der Waals surface area contributed by atoms with Crippen LogP contribution >= 0.6 is 23.2 Å². The van der Waals surface area contributed by atoms with Crippen molar-refractivity contribution in [3.63, 3.8) is 0 Å². The second-order valence-electron chi connectivity index (χ2n) is 3.71. The Bertz CT molecular complexity index is 563. The molecule has 1 aliphatic carbocycles. The predicted molar refractivity (Wildman–Crippen MR) is 66.4 cm³/mol. The van der Waals surface area contributed by atoms with Crippen LogP contribution in [-0.4, -0.2) is 0 Å². The quantitative estimate of drug-likeness (QED) is 0.590. The van der Waals surface area contributed by atoms with E-state index >= 15 is 0 Å². The summed E-state index contributed by atoms with van der Waals surface area (Å²) in [5.74, 6) is 0. The minimum absolute atomic E-state index is 0.895. The van der Waals surface area contributed by atoms with Crippen molar-refractivity contribution in [3.8, 4) is 0 Å². The second kappa shape index (κ2) is 3.01. The monoisotopic (exact) mass is 234 g/mol. The molecule has 1 aliphatic rings. The van der Waals surface area contributed by atoms with Crippen molar-refractivity contribution >= 4 is 40.1 Å². The topological polar surface area (TPSA) is 0 Å². The van der Waals surface area contributed by atoms with E-state index in [1.807, 2.05) is 30.4 Å². The van der Waals surface area contributed by atoms with Crippen LogP contribution in [0.4, 0.5) is 0 Å². The summed E-state index contributed by atoms with van der Waals surface area (Å²) in [5, 5.41) is 2.34. The number of rotatable bonds is 0. The van der Waals surface area contributed by atoms with E-state index in [0.29, 0.717) is 0 Å².